The van der Waals surface area contributed by atoms with E-state index in [0.29, 0.717) is 16.7 Å². The standard InChI is InChI=1S/C21H23FN4O2S/c1-14-4-10-18(11-5-14)26-20(15(2)23-19(27)12-28-3)24-25-21(26)29-13-16-6-8-17(22)9-7-16/h4-11,15H,12-13H2,1-3H3,(H,23,27). The Morgan fingerprint density at radius 2 is 1.86 bits per heavy atom. The quantitative estimate of drug-likeness (QED) is 0.568. The molecule has 0 aliphatic heterocycles. The van der Waals surface area contributed by atoms with Gasteiger partial charge in [0.2, 0.25) is 5.91 Å². The lowest BCUT2D eigenvalue weighted by Crippen LogP contribution is -2.31. The molecule has 3 aromatic rings. The van der Waals surface area contributed by atoms with Gasteiger partial charge in [-0.2, -0.15) is 0 Å². The summed E-state index contributed by atoms with van der Waals surface area (Å²) >= 11 is 1.50. The number of ether oxygens (including phenoxy) is 1. The second-order valence-corrected chi connectivity index (χ2v) is 7.59. The molecule has 1 N–H and O–H groups in total. The van der Waals surface area contributed by atoms with Crippen LogP contribution in [0.3, 0.4) is 0 Å². The highest BCUT2D eigenvalue weighted by atomic mass is 32.2. The number of carbonyl (C=O) groups excluding carboxylic acids is 1. The molecular formula is C21H23FN4O2S. The number of thioether (sulfide) groups is 1. The molecule has 0 fully saturated rings. The third-order valence-electron chi connectivity index (χ3n) is 4.27. The zero-order valence-corrected chi connectivity index (χ0v) is 17.4. The average molecular weight is 415 g/mol. The number of halogens is 1. The highest BCUT2D eigenvalue weighted by Crippen LogP contribution is 2.27. The molecule has 1 heterocycles. The van der Waals surface area contributed by atoms with E-state index in [-0.39, 0.29) is 24.4 Å². The molecule has 8 heteroatoms. The number of amides is 1. The summed E-state index contributed by atoms with van der Waals surface area (Å²) in [5, 5.41) is 12.2. The van der Waals surface area contributed by atoms with Gasteiger partial charge < -0.3 is 10.1 Å². The minimum absolute atomic E-state index is 0.0187. The van der Waals surface area contributed by atoms with Crippen molar-refractivity contribution in [3.05, 3.63) is 71.3 Å². The van der Waals surface area contributed by atoms with Crippen molar-refractivity contribution in [3.63, 3.8) is 0 Å². The van der Waals surface area contributed by atoms with E-state index in [2.05, 4.69) is 15.5 Å². The predicted octanol–water partition coefficient (Wildman–Crippen LogP) is 3.83. The first-order valence-electron chi connectivity index (χ1n) is 9.16. The number of rotatable bonds is 8. The molecule has 1 unspecified atom stereocenters. The Hall–Kier alpha value is -2.71. The Labute approximate surface area is 173 Å². The van der Waals surface area contributed by atoms with E-state index in [1.54, 1.807) is 12.1 Å². The van der Waals surface area contributed by atoms with E-state index >= 15 is 0 Å². The van der Waals surface area contributed by atoms with Crippen LogP contribution >= 0.6 is 11.8 Å². The number of aryl methyl sites for hydroxylation is 1. The molecule has 1 atom stereocenters. The van der Waals surface area contributed by atoms with Crippen LogP contribution in [-0.2, 0) is 15.3 Å². The summed E-state index contributed by atoms with van der Waals surface area (Å²) in [4.78, 5) is 11.9. The Morgan fingerprint density at radius 3 is 2.52 bits per heavy atom. The van der Waals surface area contributed by atoms with Gasteiger partial charge in [-0.3, -0.25) is 9.36 Å². The maximum atomic E-state index is 13.1. The minimum atomic E-state index is -0.355. The predicted molar refractivity (Wildman–Crippen MR) is 110 cm³/mol. The zero-order valence-electron chi connectivity index (χ0n) is 16.6. The fourth-order valence-corrected chi connectivity index (χ4v) is 3.71. The number of nitrogens with zero attached hydrogens (tertiary/aromatic N) is 3. The number of benzene rings is 2. The summed E-state index contributed by atoms with van der Waals surface area (Å²) < 4.78 is 20.0. The molecule has 2 aromatic carbocycles. The first-order chi connectivity index (χ1) is 14.0. The normalized spacial score (nSPS) is 12.0. The van der Waals surface area contributed by atoms with Crippen LogP contribution in [0.5, 0.6) is 0 Å². The molecule has 0 bridgehead atoms. The first-order valence-corrected chi connectivity index (χ1v) is 10.1. The molecule has 0 saturated carbocycles. The smallest absolute Gasteiger partial charge is 0.246 e. The number of hydrogen-bond acceptors (Lipinski definition) is 5. The van der Waals surface area contributed by atoms with Crippen molar-refractivity contribution in [1.82, 2.24) is 20.1 Å². The van der Waals surface area contributed by atoms with Gasteiger partial charge in [-0.25, -0.2) is 4.39 Å². The molecule has 0 spiro atoms. The van der Waals surface area contributed by atoms with Crippen molar-refractivity contribution >= 4 is 17.7 Å². The van der Waals surface area contributed by atoms with E-state index in [9.17, 15) is 9.18 Å². The number of carbonyl (C=O) groups is 1. The number of nitrogens with one attached hydrogen (secondary N) is 1. The molecule has 1 amide bonds. The van der Waals surface area contributed by atoms with Crippen LogP contribution in [-0.4, -0.2) is 34.4 Å². The van der Waals surface area contributed by atoms with E-state index < -0.39 is 0 Å². The second kappa shape index (κ2) is 9.67. The molecular weight excluding hydrogens is 391 g/mol. The van der Waals surface area contributed by atoms with Crippen molar-refractivity contribution in [2.75, 3.05) is 13.7 Å². The van der Waals surface area contributed by atoms with Crippen LogP contribution < -0.4 is 5.32 Å². The zero-order chi connectivity index (χ0) is 20.8. The van der Waals surface area contributed by atoms with Gasteiger partial charge in [-0.05, 0) is 43.7 Å². The molecule has 29 heavy (non-hydrogen) atoms. The van der Waals surface area contributed by atoms with Crippen LogP contribution in [0.4, 0.5) is 4.39 Å². The monoisotopic (exact) mass is 414 g/mol. The summed E-state index contributed by atoms with van der Waals surface area (Å²) in [7, 11) is 1.48. The maximum absolute atomic E-state index is 13.1. The topological polar surface area (TPSA) is 69.0 Å². The average Bonchev–Trinajstić information content (AvgIpc) is 3.12. The lowest BCUT2D eigenvalue weighted by molar-refractivity contribution is -0.125. The molecule has 0 saturated heterocycles. The summed E-state index contributed by atoms with van der Waals surface area (Å²) in [6, 6.07) is 14.1. The number of hydrogen-bond donors (Lipinski definition) is 1. The van der Waals surface area contributed by atoms with Gasteiger partial charge in [0.15, 0.2) is 11.0 Å². The van der Waals surface area contributed by atoms with Crippen LogP contribution in [0, 0.1) is 12.7 Å². The Bertz CT molecular complexity index is 958. The summed E-state index contributed by atoms with van der Waals surface area (Å²) in [5.74, 6) is 0.762. The van der Waals surface area contributed by atoms with E-state index in [0.717, 1.165) is 16.8 Å². The van der Waals surface area contributed by atoms with Crippen LogP contribution in [0.1, 0.15) is 29.9 Å². The fraction of sp³-hybridized carbons (Fsp3) is 0.286. The van der Waals surface area contributed by atoms with Crippen LogP contribution in [0.25, 0.3) is 5.69 Å². The molecule has 0 aliphatic carbocycles. The van der Waals surface area contributed by atoms with Gasteiger partial charge in [0.05, 0.1) is 6.04 Å². The number of aromatic nitrogens is 3. The summed E-state index contributed by atoms with van der Waals surface area (Å²) in [6.45, 7) is 3.86. The third kappa shape index (κ3) is 5.42. The molecule has 0 radical (unpaired) electrons. The van der Waals surface area contributed by atoms with Crippen molar-refractivity contribution in [3.8, 4) is 5.69 Å². The molecule has 3 rings (SSSR count). The highest BCUT2D eigenvalue weighted by molar-refractivity contribution is 7.98. The van der Waals surface area contributed by atoms with Crippen molar-refractivity contribution in [2.24, 2.45) is 0 Å². The first kappa shape index (κ1) is 21.0. The molecule has 6 nitrogen and oxygen atoms in total. The van der Waals surface area contributed by atoms with E-state index in [1.165, 1.54) is 31.0 Å². The Morgan fingerprint density at radius 1 is 1.17 bits per heavy atom. The van der Waals surface area contributed by atoms with E-state index in [4.69, 9.17) is 4.74 Å². The Kier molecular flexibility index (Phi) is 7.00. The van der Waals surface area contributed by atoms with E-state index in [1.807, 2.05) is 42.7 Å². The number of methoxy groups -OCH3 is 1. The van der Waals surface area contributed by atoms with Gasteiger partial charge in [0.25, 0.3) is 0 Å². The van der Waals surface area contributed by atoms with Crippen LogP contribution in [0.15, 0.2) is 53.7 Å². The molecule has 1 aromatic heterocycles. The minimum Gasteiger partial charge on any atom is -0.375 e. The lowest BCUT2D eigenvalue weighted by Gasteiger charge is -2.16. The second-order valence-electron chi connectivity index (χ2n) is 6.65. The maximum Gasteiger partial charge on any atom is 0.246 e. The summed E-state index contributed by atoms with van der Waals surface area (Å²) in [6.07, 6.45) is 0. The SMILES string of the molecule is COCC(=O)NC(C)c1nnc(SCc2ccc(F)cc2)n1-c1ccc(C)cc1. The van der Waals surface area contributed by atoms with Gasteiger partial charge in [0, 0.05) is 18.6 Å². The molecule has 152 valence electrons. The summed E-state index contributed by atoms with van der Waals surface area (Å²) in [5.41, 5.74) is 3.04. The molecule has 0 aliphatic rings. The highest BCUT2D eigenvalue weighted by Gasteiger charge is 2.21. The van der Waals surface area contributed by atoms with Gasteiger partial charge in [-0.15, -0.1) is 10.2 Å². The lowest BCUT2D eigenvalue weighted by atomic mass is 10.2. The van der Waals surface area contributed by atoms with Crippen LogP contribution in [0.2, 0.25) is 0 Å². The largest absolute Gasteiger partial charge is 0.375 e. The van der Waals surface area contributed by atoms with Gasteiger partial charge >= 0.3 is 0 Å². The van der Waals surface area contributed by atoms with Gasteiger partial charge in [-0.1, -0.05) is 41.6 Å². The Balaban J connectivity index is 1.89. The van der Waals surface area contributed by atoms with Crippen molar-refractivity contribution < 1.29 is 13.9 Å². The van der Waals surface area contributed by atoms with Crippen molar-refractivity contribution in [2.45, 2.75) is 30.8 Å². The third-order valence-corrected chi connectivity index (χ3v) is 5.27. The fourth-order valence-electron chi connectivity index (χ4n) is 2.80. The van der Waals surface area contributed by atoms with Crippen molar-refractivity contribution in [1.29, 1.82) is 0 Å². The van der Waals surface area contributed by atoms with Gasteiger partial charge in [0.1, 0.15) is 12.4 Å².